The number of nitrogens with two attached hydrogens (primary N) is 1. The second kappa shape index (κ2) is 5.39. The highest BCUT2D eigenvalue weighted by Gasteiger charge is 2.21. The van der Waals surface area contributed by atoms with Crippen molar-refractivity contribution < 1.29 is 0 Å². The maximum atomic E-state index is 6.25. The van der Waals surface area contributed by atoms with Crippen molar-refractivity contribution in [2.24, 2.45) is 5.73 Å². The first-order valence-corrected chi connectivity index (χ1v) is 6.63. The number of hydrogen-bond acceptors (Lipinski definition) is 1. The molecule has 1 aliphatic rings. The zero-order chi connectivity index (χ0) is 11.5. The standard InChI is InChI=1S/C13H17Cl2N/c14-12-7-3-6-11(13(12)15)9-4-1-2-5-10(16)8-9/h3,6-7,9-10H,1-2,4-5,8,16H2. The van der Waals surface area contributed by atoms with Crippen LogP contribution in [-0.4, -0.2) is 6.04 Å². The van der Waals surface area contributed by atoms with Crippen LogP contribution in [-0.2, 0) is 0 Å². The Morgan fingerprint density at radius 1 is 1.12 bits per heavy atom. The first kappa shape index (κ1) is 12.2. The maximum Gasteiger partial charge on any atom is 0.0627 e. The molecule has 0 saturated heterocycles. The zero-order valence-electron chi connectivity index (χ0n) is 9.26. The summed E-state index contributed by atoms with van der Waals surface area (Å²) in [5.74, 6) is 0.476. The molecule has 0 amide bonds. The fraction of sp³-hybridized carbons (Fsp3) is 0.538. The van der Waals surface area contributed by atoms with E-state index < -0.39 is 0 Å². The van der Waals surface area contributed by atoms with Gasteiger partial charge < -0.3 is 5.73 Å². The smallest absolute Gasteiger partial charge is 0.0627 e. The first-order valence-electron chi connectivity index (χ1n) is 5.88. The summed E-state index contributed by atoms with van der Waals surface area (Å²) in [6, 6.07) is 6.20. The van der Waals surface area contributed by atoms with Gasteiger partial charge in [0.2, 0.25) is 0 Å². The SMILES string of the molecule is NC1CCCCC(c2cccc(Cl)c2Cl)C1. The molecule has 2 atom stereocenters. The Balaban J connectivity index is 2.24. The molecule has 3 heteroatoms. The predicted octanol–water partition coefficient (Wildman–Crippen LogP) is 4.37. The van der Waals surface area contributed by atoms with E-state index in [0.29, 0.717) is 22.0 Å². The van der Waals surface area contributed by atoms with E-state index in [0.717, 1.165) is 12.8 Å². The van der Waals surface area contributed by atoms with Gasteiger partial charge in [-0.1, -0.05) is 48.2 Å². The Morgan fingerprint density at radius 2 is 1.88 bits per heavy atom. The highest BCUT2D eigenvalue weighted by Crippen LogP contribution is 2.37. The van der Waals surface area contributed by atoms with E-state index in [1.54, 1.807) is 0 Å². The molecule has 0 heterocycles. The monoisotopic (exact) mass is 257 g/mol. The second-order valence-corrected chi connectivity index (χ2v) is 5.41. The molecule has 2 rings (SSSR count). The molecule has 2 N–H and O–H groups in total. The minimum atomic E-state index is 0.308. The molecule has 0 radical (unpaired) electrons. The van der Waals surface area contributed by atoms with Gasteiger partial charge in [0.25, 0.3) is 0 Å². The normalized spacial score (nSPS) is 26.4. The average molecular weight is 258 g/mol. The number of rotatable bonds is 1. The molecule has 0 aromatic heterocycles. The van der Waals surface area contributed by atoms with Gasteiger partial charge >= 0.3 is 0 Å². The second-order valence-electron chi connectivity index (χ2n) is 4.62. The molecular formula is C13H17Cl2N. The van der Waals surface area contributed by atoms with Crippen LogP contribution in [0.15, 0.2) is 18.2 Å². The minimum absolute atomic E-state index is 0.308. The van der Waals surface area contributed by atoms with Gasteiger partial charge in [-0.05, 0) is 36.8 Å². The van der Waals surface area contributed by atoms with Gasteiger partial charge in [-0.2, -0.15) is 0 Å². The van der Waals surface area contributed by atoms with Crippen molar-refractivity contribution >= 4 is 23.2 Å². The molecule has 1 saturated carbocycles. The third-order valence-electron chi connectivity index (χ3n) is 3.39. The maximum absolute atomic E-state index is 6.25. The van der Waals surface area contributed by atoms with E-state index in [1.807, 2.05) is 12.1 Å². The van der Waals surface area contributed by atoms with Gasteiger partial charge in [0.1, 0.15) is 0 Å². The zero-order valence-corrected chi connectivity index (χ0v) is 10.8. The molecule has 1 fully saturated rings. The van der Waals surface area contributed by atoms with E-state index >= 15 is 0 Å². The van der Waals surface area contributed by atoms with Crippen molar-refractivity contribution in [3.8, 4) is 0 Å². The Hall–Kier alpha value is -0.240. The fourth-order valence-corrected chi connectivity index (χ4v) is 2.98. The molecule has 16 heavy (non-hydrogen) atoms. The van der Waals surface area contributed by atoms with Gasteiger partial charge in [-0.15, -0.1) is 0 Å². The van der Waals surface area contributed by atoms with E-state index in [2.05, 4.69) is 6.07 Å². The van der Waals surface area contributed by atoms with Crippen molar-refractivity contribution in [3.63, 3.8) is 0 Å². The average Bonchev–Trinajstić information content (AvgIpc) is 2.47. The molecule has 88 valence electrons. The third-order valence-corrected chi connectivity index (χ3v) is 4.22. The van der Waals surface area contributed by atoms with Crippen molar-refractivity contribution in [1.29, 1.82) is 0 Å². The predicted molar refractivity (Wildman–Crippen MR) is 70.3 cm³/mol. The quantitative estimate of drug-likeness (QED) is 0.744. The summed E-state index contributed by atoms with van der Waals surface area (Å²) in [4.78, 5) is 0. The molecule has 1 aromatic rings. The van der Waals surface area contributed by atoms with Crippen LogP contribution in [0.3, 0.4) is 0 Å². The number of halogens is 2. The largest absolute Gasteiger partial charge is 0.328 e. The highest BCUT2D eigenvalue weighted by atomic mass is 35.5. The van der Waals surface area contributed by atoms with Gasteiger partial charge in [-0.25, -0.2) is 0 Å². The number of benzene rings is 1. The fourth-order valence-electron chi connectivity index (χ4n) is 2.52. The topological polar surface area (TPSA) is 26.0 Å². The summed E-state index contributed by atoms with van der Waals surface area (Å²) in [6.07, 6.45) is 5.81. The van der Waals surface area contributed by atoms with Crippen molar-refractivity contribution in [1.82, 2.24) is 0 Å². The Kier molecular flexibility index (Phi) is 4.12. The molecular weight excluding hydrogens is 241 g/mol. The lowest BCUT2D eigenvalue weighted by atomic mass is 9.90. The van der Waals surface area contributed by atoms with Crippen LogP contribution in [0.25, 0.3) is 0 Å². The Labute approximate surface area is 107 Å². The lowest BCUT2D eigenvalue weighted by Gasteiger charge is -2.19. The van der Waals surface area contributed by atoms with Crippen LogP contribution in [0.1, 0.15) is 43.6 Å². The summed E-state index contributed by atoms with van der Waals surface area (Å²) in [6.45, 7) is 0. The molecule has 1 aromatic carbocycles. The lowest BCUT2D eigenvalue weighted by molar-refractivity contribution is 0.535. The molecule has 2 unspecified atom stereocenters. The van der Waals surface area contributed by atoms with E-state index in [4.69, 9.17) is 28.9 Å². The van der Waals surface area contributed by atoms with E-state index in [1.165, 1.54) is 24.8 Å². The molecule has 0 aliphatic heterocycles. The molecule has 1 nitrogen and oxygen atoms in total. The summed E-state index contributed by atoms with van der Waals surface area (Å²) in [5, 5.41) is 1.36. The Bertz CT molecular complexity index is 365. The van der Waals surface area contributed by atoms with E-state index in [9.17, 15) is 0 Å². The van der Waals surface area contributed by atoms with Gasteiger partial charge in [0, 0.05) is 6.04 Å². The van der Waals surface area contributed by atoms with Crippen molar-refractivity contribution in [3.05, 3.63) is 33.8 Å². The van der Waals surface area contributed by atoms with E-state index in [-0.39, 0.29) is 0 Å². The molecule has 0 spiro atoms. The first-order chi connectivity index (χ1) is 7.68. The summed E-state index contributed by atoms with van der Waals surface area (Å²) in [7, 11) is 0. The van der Waals surface area contributed by atoms with Crippen molar-refractivity contribution in [2.75, 3.05) is 0 Å². The van der Waals surface area contributed by atoms with Crippen LogP contribution in [0.5, 0.6) is 0 Å². The van der Waals surface area contributed by atoms with Crippen LogP contribution in [0.4, 0.5) is 0 Å². The third kappa shape index (κ3) is 2.71. The Morgan fingerprint density at radius 3 is 2.69 bits per heavy atom. The van der Waals surface area contributed by atoms with Crippen LogP contribution in [0, 0.1) is 0 Å². The minimum Gasteiger partial charge on any atom is -0.328 e. The number of hydrogen-bond donors (Lipinski definition) is 1. The molecule has 1 aliphatic carbocycles. The van der Waals surface area contributed by atoms with Crippen molar-refractivity contribution in [2.45, 2.75) is 44.1 Å². The summed E-state index contributed by atoms with van der Waals surface area (Å²) >= 11 is 12.3. The van der Waals surface area contributed by atoms with Crippen LogP contribution >= 0.6 is 23.2 Å². The van der Waals surface area contributed by atoms with Crippen LogP contribution < -0.4 is 5.73 Å². The van der Waals surface area contributed by atoms with Crippen LogP contribution in [0.2, 0.25) is 10.0 Å². The summed E-state index contributed by atoms with van der Waals surface area (Å²) in [5.41, 5.74) is 7.25. The summed E-state index contributed by atoms with van der Waals surface area (Å²) < 4.78 is 0. The van der Waals surface area contributed by atoms with Gasteiger partial charge in [-0.3, -0.25) is 0 Å². The lowest BCUT2D eigenvalue weighted by Crippen LogP contribution is -2.20. The van der Waals surface area contributed by atoms with Gasteiger partial charge in [0.15, 0.2) is 0 Å². The molecule has 0 bridgehead atoms. The van der Waals surface area contributed by atoms with Gasteiger partial charge in [0.05, 0.1) is 10.0 Å². The highest BCUT2D eigenvalue weighted by molar-refractivity contribution is 6.42.